The monoisotopic (exact) mass is 409 g/mol. The second-order valence-corrected chi connectivity index (χ2v) is 9.25. The van der Waals surface area contributed by atoms with Crippen molar-refractivity contribution in [3.05, 3.63) is 46.4 Å². The Bertz CT molecular complexity index is 1010. The van der Waals surface area contributed by atoms with Crippen LogP contribution in [0.2, 0.25) is 0 Å². The molecule has 2 bridgehead atoms. The molecule has 4 heterocycles. The van der Waals surface area contributed by atoms with Gasteiger partial charge in [0.15, 0.2) is 11.5 Å². The average Bonchev–Trinajstić information content (AvgIpc) is 3.41. The number of fused-ring (bicyclic) bond motifs is 4. The van der Waals surface area contributed by atoms with Crippen LogP contribution in [-0.4, -0.2) is 34.8 Å². The minimum atomic E-state index is -0.950. The molecule has 4 aliphatic rings. The molecule has 158 valence electrons. The highest BCUT2D eigenvalue weighted by Gasteiger charge is 2.51. The molecule has 6 nitrogen and oxygen atoms in total. The Morgan fingerprint density at radius 3 is 2.63 bits per heavy atom. The van der Waals surface area contributed by atoms with Crippen LogP contribution in [0.4, 0.5) is 0 Å². The number of aryl methyl sites for hydroxylation is 2. The smallest absolute Gasteiger partial charge is 0.258 e. The van der Waals surface area contributed by atoms with E-state index >= 15 is 0 Å². The summed E-state index contributed by atoms with van der Waals surface area (Å²) in [6.07, 6.45) is 7.07. The lowest BCUT2D eigenvalue weighted by molar-refractivity contribution is -0.0480. The number of benzene rings is 1. The number of hydrogen-bond acceptors (Lipinski definition) is 5. The van der Waals surface area contributed by atoms with Gasteiger partial charge in [0.05, 0.1) is 11.2 Å². The van der Waals surface area contributed by atoms with E-state index in [1.165, 1.54) is 0 Å². The van der Waals surface area contributed by atoms with Crippen molar-refractivity contribution in [3.8, 4) is 11.5 Å². The molecule has 30 heavy (non-hydrogen) atoms. The second kappa shape index (κ2) is 6.51. The molecule has 3 aliphatic heterocycles. The van der Waals surface area contributed by atoms with E-state index in [1.54, 1.807) is 0 Å². The summed E-state index contributed by atoms with van der Waals surface area (Å²) in [5.41, 5.74) is 1.82. The van der Waals surface area contributed by atoms with Gasteiger partial charge in [-0.05, 0) is 56.7 Å². The van der Waals surface area contributed by atoms with Crippen LogP contribution in [0.25, 0.3) is 0 Å². The Kier molecular flexibility index (Phi) is 3.97. The van der Waals surface area contributed by atoms with Gasteiger partial charge in [-0.15, -0.1) is 0 Å². The Morgan fingerprint density at radius 1 is 1.10 bits per heavy atom. The van der Waals surface area contributed by atoms with Crippen molar-refractivity contribution in [2.24, 2.45) is 0 Å². The van der Waals surface area contributed by atoms with Crippen molar-refractivity contribution < 1.29 is 23.8 Å². The molecule has 0 spiro atoms. The van der Waals surface area contributed by atoms with Gasteiger partial charge in [0.25, 0.3) is 5.91 Å². The molecule has 2 aromatic rings. The van der Waals surface area contributed by atoms with Crippen LogP contribution in [0.3, 0.4) is 0 Å². The Morgan fingerprint density at radius 2 is 1.83 bits per heavy atom. The van der Waals surface area contributed by atoms with Gasteiger partial charge in [0, 0.05) is 36.9 Å². The topological polar surface area (TPSA) is 72.1 Å². The highest BCUT2D eigenvalue weighted by molar-refractivity contribution is 5.97. The summed E-state index contributed by atoms with van der Waals surface area (Å²) >= 11 is 0. The second-order valence-electron chi connectivity index (χ2n) is 9.25. The van der Waals surface area contributed by atoms with E-state index in [2.05, 4.69) is 0 Å². The van der Waals surface area contributed by atoms with Crippen molar-refractivity contribution in [2.75, 3.05) is 6.79 Å². The van der Waals surface area contributed by atoms with Crippen molar-refractivity contribution in [3.63, 3.8) is 0 Å². The van der Waals surface area contributed by atoms with Crippen LogP contribution in [0, 0.1) is 6.92 Å². The van der Waals surface area contributed by atoms with Gasteiger partial charge in [-0.25, -0.2) is 0 Å². The molecule has 0 radical (unpaired) electrons. The molecule has 2 fully saturated rings. The first-order valence-corrected chi connectivity index (χ1v) is 11.1. The maximum absolute atomic E-state index is 13.7. The number of hydrogen-bond donors (Lipinski definition) is 1. The molecule has 1 aromatic heterocycles. The van der Waals surface area contributed by atoms with E-state index in [0.29, 0.717) is 18.6 Å². The van der Waals surface area contributed by atoms with Crippen molar-refractivity contribution >= 4 is 5.91 Å². The molecule has 0 saturated carbocycles. The first-order chi connectivity index (χ1) is 14.5. The fourth-order valence-electron chi connectivity index (χ4n) is 6.09. The minimum Gasteiger partial charge on any atom is -0.465 e. The Hall–Kier alpha value is -2.47. The van der Waals surface area contributed by atoms with Gasteiger partial charge in [0.1, 0.15) is 11.5 Å². The highest BCUT2D eigenvalue weighted by Crippen LogP contribution is 2.48. The van der Waals surface area contributed by atoms with Gasteiger partial charge < -0.3 is 23.9 Å². The molecule has 1 amide bonds. The standard InChI is InChI=1S/C24H27NO5/c1-14-22(18-4-2-3-5-19(18)30-14)23(26)25-16-7-8-17(25)12-24(27,11-16)15-6-9-20-21(10-15)29-13-28-20/h6,9-10,16-17,27H,2-5,7-8,11-13H2,1H3/t16-,17+,24?. The van der Waals surface area contributed by atoms with E-state index in [-0.39, 0.29) is 24.8 Å². The van der Waals surface area contributed by atoms with Gasteiger partial charge in [-0.3, -0.25) is 4.79 Å². The molecule has 1 N–H and O–H groups in total. The molecule has 2 saturated heterocycles. The van der Waals surface area contributed by atoms with Gasteiger partial charge in [-0.2, -0.15) is 0 Å². The summed E-state index contributed by atoms with van der Waals surface area (Å²) in [4.78, 5) is 15.7. The van der Waals surface area contributed by atoms with E-state index in [9.17, 15) is 9.90 Å². The lowest BCUT2D eigenvalue weighted by Crippen LogP contribution is -2.52. The number of carbonyl (C=O) groups excluding carboxylic acids is 1. The van der Waals surface area contributed by atoms with E-state index in [4.69, 9.17) is 13.9 Å². The summed E-state index contributed by atoms with van der Waals surface area (Å²) in [5, 5.41) is 11.6. The van der Waals surface area contributed by atoms with Gasteiger partial charge in [-0.1, -0.05) is 6.07 Å². The Labute approximate surface area is 175 Å². The fraction of sp³-hybridized carbons (Fsp3) is 0.542. The van der Waals surface area contributed by atoms with E-state index in [1.807, 2.05) is 30.0 Å². The minimum absolute atomic E-state index is 0.0419. The van der Waals surface area contributed by atoms with Crippen molar-refractivity contribution in [1.82, 2.24) is 4.90 Å². The average molecular weight is 409 g/mol. The quantitative estimate of drug-likeness (QED) is 0.816. The van der Waals surface area contributed by atoms with E-state index in [0.717, 1.165) is 72.5 Å². The van der Waals surface area contributed by atoms with Crippen LogP contribution in [0.15, 0.2) is 22.6 Å². The molecular formula is C24H27NO5. The lowest BCUT2D eigenvalue weighted by Gasteiger charge is -2.44. The summed E-state index contributed by atoms with van der Waals surface area (Å²) in [5.74, 6) is 3.26. The van der Waals surface area contributed by atoms with Crippen LogP contribution in [0.5, 0.6) is 11.5 Å². The lowest BCUT2D eigenvalue weighted by atomic mass is 9.80. The summed E-state index contributed by atoms with van der Waals surface area (Å²) in [6, 6.07) is 5.79. The first-order valence-electron chi connectivity index (χ1n) is 11.1. The van der Waals surface area contributed by atoms with Crippen LogP contribution in [0.1, 0.15) is 71.5 Å². The number of piperidine rings is 1. The van der Waals surface area contributed by atoms with Crippen molar-refractivity contribution in [1.29, 1.82) is 0 Å². The van der Waals surface area contributed by atoms with Gasteiger partial charge >= 0.3 is 0 Å². The summed E-state index contributed by atoms with van der Waals surface area (Å²) in [6.45, 7) is 2.14. The molecule has 1 unspecified atom stereocenters. The predicted molar refractivity (Wildman–Crippen MR) is 109 cm³/mol. The van der Waals surface area contributed by atoms with Crippen LogP contribution in [-0.2, 0) is 18.4 Å². The number of nitrogens with zero attached hydrogens (tertiary/aromatic N) is 1. The molecule has 6 rings (SSSR count). The normalized spacial score (nSPS) is 29.2. The zero-order valence-corrected chi connectivity index (χ0v) is 17.3. The van der Waals surface area contributed by atoms with E-state index < -0.39 is 5.60 Å². The number of ether oxygens (including phenoxy) is 2. The Balaban J connectivity index is 1.30. The number of carbonyl (C=O) groups is 1. The molecule has 6 heteroatoms. The van der Waals surface area contributed by atoms with Crippen LogP contribution < -0.4 is 9.47 Å². The summed E-state index contributed by atoms with van der Waals surface area (Å²) in [7, 11) is 0. The third-order valence-corrected chi connectivity index (χ3v) is 7.47. The fourth-order valence-corrected chi connectivity index (χ4v) is 6.09. The molecular weight excluding hydrogens is 382 g/mol. The maximum atomic E-state index is 13.7. The third-order valence-electron chi connectivity index (χ3n) is 7.47. The first kappa shape index (κ1) is 18.3. The largest absolute Gasteiger partial charge is 0.465 e. The predicted octanol–water partition coefficient (Wildman–Crippen LogP) is 3.85. The SMILES string of the molecule is Cc1oc2c(c1C(=O)N1[C@@H]3CC[C@H]1CC(O)(c1ccc4c(c1)OCO4)C3)CCCC2. The molecule has 3 atom stereocenters. The molecule has 1 aliphatic carbocycles. The summed E-state index contributed by atoms with van der Waals surface area (Å²) < 4.78 is 16.9. The highest BCUT2D eigenvalue weighted by atomic mass is 16.7. The van der Waals surface area contributed by atoms with Crippen LogP contribution >= 0.6 is 0 Å². The maximum Gasteiger partial charge on any atom is 0.258 e. The molecule has 1 aromatic carbocycles. The number of aliphatic hydroxyl groups is 1. The number of furan rings is 1. The number of rotatable bonds is 2. The zero-order chi connectivity index (χ0) is 20.5. The third kappa shape index (κ3) is 2.62. The number of amides is 1. The zero-order valence-electron chi connectivity index (χ0n) is 17.3. The van der Waals surface area contributed by atoms with Gasteiger partial charge in [0.2, 0.25) is 6.79 Å². The van der Waals surface area contributed by atoms with Crippen molar-refractivity contribution in [2.45, 2.75) is 76.0 Å².